The van der Waals surface area contributed by atoms with Crippen LogP contribution in [0.4, 0.5) is 10.6 Å². The van der Waals surface area contributed by atoms with Gasteiger partial charge < -0.3 is 15.4 Å². The molecule has 0 spiro atoms. The Bertz CT molecular complexity index is 908. The summed E-state index contributed by atoms with van der Waals surface area (Å²) in [5.41, 5.74) is 0.569. The van der Waals surface area contributed by atoms with Crippen LogP contribution in [0.3, 0.4) is 0 Å². The van der Waals surface area contributed by atoms with Crippen LogP contribution in [0.5, 0.6) is 0 Å². The first-order valence-electron chi connectivity index (χ1n) is 9.87. The Morgan fingerprint density at radius 2 is 2.17 bits per heavy atom. The van der Waals surface area contributed by atoms with Gasteiger partial charge in [-0.1, -0.05) is 0 Å². The number of H-pyrrole nitrogens is 1. The molecule has 11 heteroatoms. The SMILES string of the molecule is Cc1nnc(CC(=O)Nc2cc([C@@]3([Si])CCC(COC(=O)NC(C)(C)C)C3)[nH]n2)s1. The van der Waals surface area contributed by atoms with Crippen molar-refractivity contribution in [3.05, 3.63) is 21.8 Å². The van der Waals surface area contributed by atoms with Crippen LogP contribution in [-0.4, -0.2) is 54.8 Å². The van der Waals surface area contributed by atoms with Gasteiger partial charge in [0.15, 0.2) is 5.82 Å². The van der Waals surface area contributed by atoms with Crippen LogP contribution in [0.25, 0.3) is 0 Å². The lowest BCUT2D eigenvalue weighted by Crippen LogP contribution is -2.41. The van der Waals surface area contributed by atoms with E-state index in [9.17, 15) is 9.59 Å². The van der Waals surface area contributed by atoms with Crippen molar-refractivity contribution in [1.29, 1.82) is 0 Å². The molecular weight excluding hydrogens is 420 g/mol. The summed E-state index contributed by atoms with van der Waals surface area (Å²) in [6.07, 6.45) is 2.36. The fraction of sp³-hybridized carbons (Fsp3) is 0.632. The van der Waals surface area contributed by atoms with Crippen molar-refractivity contribution in [2.24, 2.45) is 5.92 Å². The van der Waals surface area contributed by atoms with Crippen LogP contribution in [0.2, 0.25) is 0 Å². The normalized spacial score (nSPS) is 21.4. The number of carbonyl (C=O) groups excluding carboxylic acids is 2. The highest BCUT2D eigenvalue weighted by molar-refractivity contribution is 7.11. The maximum atomic E-state index is 12.2. The van der Waals surface area contributed by atoms with Gasteiger partial charge in [-0.05, 0) is 57.9 Å². The number of nitrogens with zero attached hydrogens (tertiary/aromatic N) is 3. The fourth-order valence-electron chi connectivity index (χ4n) is 3.43. The zero-order valence-corrected chi connectivity index (χ0v) is 19.5. The number of amides is 2. The van der Waals surface area contributed by atoms with Gasteiger partial charge in [0.2, 0.25) is 5.91 Å². The first-order chi connectivity index (χ1) is 14.0. The Morgan fingerprint density at radius 3 is 2.83 bits per heavy atom. The van der Waals surface area contributed by atoms with Crippen LogP contribution in [0, 0.1) is 12.8 Å². The lowest BCUT2D eigenvalue weighted by molar-refractivity contribution is -0.115. The van der Waals surface area contributed by atoms with Gasteiger partial charge in [0, 0.05) is 27.5 Å². The monoisotopic (exact) mass is 447 g/mol. The van der Waals surface area contributed by atoms with Gasteiger partial charge in [0.25, 0.3) is 0 Å². The van der Waals surface area contributed by atoms with Gasteiger partial charge in [-0.2, -0.15) is 5.10 Å². The summed E-state index contributed by atoms with van der Waals surface area (Å²) >= 11 is 1.40. The van der Waals surface area contributed by atoms with E-state index in [0.29, 0.717) is 17.4 Å². The second-order valence-corrected chi connectivity index (χ2v) is 11.0. The number of alkyl carbamates (subject to hydrolysis) is 1. The van der Waals surface area contributed by atoms with Gasteiger partial charge >= 0.3 is 6.09 Å². The number of nitrogens with one attached hydrogen (secondary N) is 3. The molecule has 2 heterocycles. The molecule has 1 saturated carbocycles. The summed E-state index contributed by atoms with van der Waals surface area (Å²) in [5.74, 6) is 0.531. The van der Waals surface area contributed by atoms with E-state index in [-0.39, 0.29) is 28.8 Å². The minimum atomic E-state index is -0.397. The summed E-state index contributed by atoms with van der Waals surface area (Å²) < 4.78 is 5.38. The Hall–Kier alpha value is -2.27. The average molecular weight is 448 g/mol. The molecule has 0 aliphatic heterocycles. The van der Waals surface area contributed by atoms with Crippen molar-refractivity contribution in [3.63, 3.8) is 0 Å². The molecule has 1 fully saturated rings. The molecule has 2 amide bonds. The highest BCUT2D eigenvalue weighted by Gasteiger charge is 2.38. The molecule has 2 aromatic heterocycles. The predicted molar refractivity (Wildman–Crippen MR) is 115 cm³/mol. The van der Waals surface area contributed by atoms with Crippen molar-refractivity contribution in [2.45, 2.75) is 64.0 Å². The standard InChI is InChI=1S/C19H27N6O3SSi/c1-11-22-25-16(29-11)8-15(26)20-14-7-13(23-24-14)19(30)6-5-12(9-19)10-28-17(27)21-18(2,3)4/h7,12H,5-6,8-10H2,1-4H3,(H,21,27)(H2,20,23,24,26)/t12?,19-/m1/s1. The van der Waals surface area contributed by atoms with E-state index in [1.165, 1.54) is 11.3 Å². The molecule has 3 N–H and O–H groups in total. The third-order valence-electron chi connectivity index (χ3n) is 4.78. The Morgan fingerprint density at radius 1 is 1.40 bits per heavy atom. The molecule has 161 valence electrons. The lowest BCUT2D eigenvalue weighted by atomic mass is 10.0. The molecule has 0 aromatic carbocycles. The number of aromatic nitrogens is 4. The van der Waals surface area contributed by atoms with Crippen molar-refractivity contribution >= 4 is 39.4 Å². The van der Waals surface area contributed by atoms with Crippen LogP contribution in [0.1, 0.15) is 55.7 Å². The fourth-order valence-corrected chi connectivity index (χ4v) is 4.70. The third kappa shape index (κ3) is 6.11. The quantitative estimate of drug-likeness (QED) is 0.585. The van der Waals surface area contributed by atoms with E-state index in [1.807, 2.05) is 33.8 Å². The second-order valence-electron chi connectivity index (χ2n) is 8.77. The lowest BCUT2D eigenvalue weighted by Gasteiger charge is -2.23. The van der Waals surface area contributed by atoms with Crippen molar-refractivity contribution < 1.29 is 14.3 Å². The van der Waals surface area contributed by atoms with Crippen molar-refractivity contribution in [3.8, 4) is 0 Å². The van der Waals surface area contributed by atoms with Crippen molar-refractivity contribution in [2.75, 3.05) is 11.9 Å². The van der Waals surface area contributed by atoms with Crippen LogP contribution in [-0.2, 0) is 21.0 Å². The Balaban J connectivity index is 1.51. The second kappa shape index (κ2) is 8.84. The van der Waals surface area contributed by atoms with E-state index < -0.39 is 6.09 Å². The summed E-state index contributed by atoms with van der Waals surface area (Å²) in [4.78, 5) is 24.1. The minimum absolute atomic E-state index is 0.169. The zero-order chi connectivity index (χ0) is 21.9. The van der Waals surface area contributed by atoms with Gasteiger partial charge in [-0.25, -0.2) is 4.79 Å². The number of hydrogen-bond acceptors (Lipinski definition) is 7. The first-order valence-corrected chi connectivity index (χ1v) is 11.2. The summed E-state index contributed by atoms with van der Waals surface area (Å²) in [6.45, 7) is 7.96. The van der Waals surface area contributed by atoms with Gasteiger partial charge in [0.1, 0.15) is 10.0 Å². The topological polar surface area (TPSA) is 122 Å². The minimum Gasteiger partial charge on any atom is -0.449 e. The van der Waals surface area contributed by atoms with E-state index in [0.717, 1.165) is 30.0 Å². The molecule has 2 atom stereocenters. The van der Waals surface area contributed by atoms with Gasteiger partial charge in [-0.15, -0.1) is 21.5 Å². The highest BCUT2D eigenvalue weighted by atomic mass is 32.1. The maximum absolute atomic E-state index is 12.2. The van der Waals surface area contributed by atoms with E-state index >= 15 is 0 Å². The van der Waals surface area contributed by atoms with E-state index in [4.69, 9.17) is 4.74 Å². The molecular formula is C19H27N6O3SSi. The average Bonchev–Trinajstić information content (AvgIpc) is 3.33. The third-order valence-corrected chi connectivity index (χ3v) is 6.35. The van der Waals surface area contributed by atoms with Gasteiger partial charge in [0.05, 0.1) is 13.0 Å². The number of anilines is 1. The first kappa shape index (κ1) is 22.4. The van der Waals surface area contributed by atoms with Crippen molar-refractivity contribution in [1.82, 2.24) is 25.7 Å². The number of ether oxygens (including phenoxy) is 1. The molecule has 1 unspecified atom stereocenters. The highest BCUT2D eigenvalue weighted by Crippen LogP contribution is 2.41. The molecule has 2 aromatic rings. The molecule has 0 saturated heterocycles. The molecule has 3 rings (SSSR count). The number of aromatic amines is 1. The van der Waals surface area contributed by atoms with Crippen LogP contribution >= 0.6 is 11.3 Å². The predicted octanol–water partition coefficient (Wildman–Crippen LogP) is 2.44. The molecule has 3 radical (unpaired) electrons. The number of carbonyl (C=O) groups is 2. The molecule has 30 heavy (non-hydrogen) atoms. The largest absolute Gasteiger partial charge is 0.449 e. The van der Waals surface area contributed by atoms with Crippen LogP contribution in [0.15, 0.2) is 6.07 Å². The number of hydrogen-bond donors (Lipinski definition) is 3. The maximum Gasteiger partial charge on any atom is 0.407 e. The molecule has 0 bridgehead atoms. The Labute approximate surface area is 183 Å². The number of aryl methyl sites for hydroxylation is 1. The number of rotatable bonds is 6. The van der Waals surface area contributed by atoms with Crippen LogP contribution < -0.4 is 10.6 Å². The van der Waals surface area contributed by atoms with E-state index in [1.54, 1.807) is 0 Å². The summed E-state index contributed by atoms with van der Waals surface area (Å²) in [6, 6.07) is 1.84. The summed E-state index contributed by atoms with van der Waals surface area (Å²) in [5, 5.41) is 21.9. The summed E-state index contributed by atoms with van der Waals surface area (Å²) in [7, 11) is 3.89. The van der Waals surface area contributed by atoms with E-state index in [2.05, 4.69) is 41.3 Å². The molecule has 9 nitrogen and oxygen atoms in total. The smallest absolute Gasteiger partial charge is 0.407 e. The molecule has 1 aliphatic rings. The Kier molecular flexibility index (Phi) is 6.61. The zero-order valence-electron chi connectivity index (χ0n) is 17.7. The van der Waals surface area contributed by atoms with Gasteiger partial charge in [-0.3, -0.25) is 9.89 Å². The molecule has 1 aliphatic carbocycles.